The van der Waals surface area contributed by atoms with Gasteiger partial charge in [-0.2, -0.15) is 8.42 Å². The summed E-state index contributed by atoms with van der Waals surface area (Å²) in [6.45, 7) is 1.84. The van der Waals surface area contributed by atoms with Crippen molar-refractivity contribution in [3.63, 3.8) is 0 Å². The molecule has 12 heavy (non-hydrogen) atoms. The Morgan fingerprint density at radius 3 is 2.58 bits per heavy atom. The van der Waals surface area contributed by atoms with Crippen LogP contribution in [0.15, 0.2) is 10.5 Å². The van der Waals surface area contributed by atoms with Gasteiger partial charge in [0.15, 0.2) is 0 Å². The SMILES string of the molecule is Cc1sc(CS(=O)(=O)F)cc1Br. The predicted octanol–water partition coefficient (Wildman–Crippen LogP) is 2.62. The summed E-state index contributed by atoms with van der Waals surface area (Å²) < 4.78 is 33.5. The first-order chi connectivity index (χ1) is 5.38. The summed E-state index contributed by atoms with van der Waals surface area (Å²) in [7, 11) is -4.39. The van der Waals surface area contributed by atoms with E-state index >= 15 is 0 Å². The summed E-state index contributed by atoms with van der Waals surface area (Å²) in [4.78, 5) is 1.47. The highest BCUT2D eigenvalue weighted by atomic mass is 79.9. The molecule has 2 nitrogen and oxygen atoms in total. The fourth-order valence-electron chi connectivity index (χ4n) is 0.759. The van der Waals surface area contributed by atoms with E-state index in [-0.39, 0.29) is 0 Å². The largest absolute Gasteiger partial charge is 0.307 e. The minimum Gasteiger partial charge on any atom is -0.194 e. The smallest absolute Gasteiger partial charge is 0.194 e. The summed E-state index contributed by atoms with van der Waals surface area (Å²) >= 11 is 4.49. The summed E-state index contributed by atoms with van der Waals surface area (Å²) in [5, 5.41) is 0. The second kappa shape index (κ2) is 3.43. The molecular formula is C6H6BrFO2S2. The first-order valence-electron chi connectivity index (χ1n) is 3.05. The van der Waals surface area contributed by atoms with Gasteiger partial charge in [-0.25, -0.2) is 0 Å². The summed E-state index contributed by atoms with van der Waals surface area (Å²) in [5.41, 5.74) is 0. The molecule has 0 fully saturated rings. The molecule has 0 saturated carbocycles. The van der Waals surface area contributed by atoms with Crippen LogP contribution in [0.1, 0.15) is 9.75 Å². The number of aryl methyl sites for hydroxylation is 1. The Bertz CT molecular complexity index is 363. The van der Waals surface area contributed by atoms with Gasteiger partial charge in [0.05, 0.1) is 0 Å². The number of halogens is 2. The zero-order valence-electron chi connectivity index (χ0n) is 6.17. The number of hydrogen-bond acceptors (Lipinski definition) is 3. The van der Waals surface area contributed by atoms with E-state index in [0.717, 1.165) is 9.35 Å². The summed E-state index contributed by atoms with van der Waals surface area (Å²) in [6, 6.07) is 1.62. The van der Waals surface area contributed by atoms with E-state index in [1.165, 1.54) is 11.3 Å². The van der Waals surface area contributed by atoms with Gasteiger partial charge >= 0.3 is 10.2 Å². The van der Waals surface area contributed by atoms with Crippen molar-refractivity contribution in [3.05, 3.63) is 20.3 Å². The second-order valence-corrected chi connectivity index (χ2v) is 5.86. The lowest BCUT2D eigenvalue weighted by molar-refractivity contribution is 0.551. The average molecular weight is 273 g/mol. The van der Waals surface area contributed by atoms with Crippen molar-refractivity contribution in [1.82, 2.24) is 0 Å². The predicted molar refractivity (Wildman–Crippen MR) is 50.5 cm³/mol. The van der Waals surface area contributed by atoms with Gasteiger partial charge < -0.3 is 0 Å². The molecule has 0 radical (unpaired) electrons. The van der Waals surface area contributed by atoms with Crippen LogP contribution in [0.25, 0.3) is 0 Å². The molecule has 0 N–H and O–H groups in total. The lowest BCUT2D eigenvalue weighted by Crippen LogP contribution is -1.92. The third kappa shape index (κ3) is 2.84. The Morgan fingerprint density at radius 2 is 2.25 bits per heavy atom. The third-order valence-corrected chi connectivity index (χ3v) is 4.20. The topological polar surface area (TPSA) is 34.1 Å². The van der Waals surface area contributed by atoms with E-state index in [1.54, 1.807) is 6.07 Å². The van der Waals surface area contributed by atoms with Gasteiger partial charge in [0.2, 0.25) is 0 Å². The highest BCUT2D eigenvalue weighted by Crippen LogP contribution is 2.27. The fraction of sp³-hybridized carbons (Fsp3) is 0.333. The van der Waals surface area contributed by atoms with Crippen molar-refractivity contribution in [3.8, 4) is 0 Å². The van der Waals surface area contributed by atoms with Crippen molar-refractivity contribution in [2.24, 2.45) is 0 Å². The molecule has 1 aromatic rings. The Hall–Kier alpha value is 0.0600. The highest BCUT2D eigenvalue weighted by molar-refractivity contribution is 9.10. The van der Waals surface area contributed by atoms with Gasteiger partial charge in [0.1, 0.15) is 5.75 Å². The first-order valence-corrected chi connectivity index (χ1v) is 6.22. The van der Waals surface area contributed by atoms with E-state index in [2.05, 4.69) is 15.9 Å². The molecule has 0 saturated heterocycles. The van der Waals surface area contributed by atoms with Crippen LogP contribution >= 0.6 is 27.3 Å². The van der Waals surface area contributed by atoms with E-state index in [1.807, 2.05) is 6.92 Å². The monoisotopic (exact) mass is 272 g/mol. The van der Waals surface area contributed by atoms with Crippen molar-refractivity contribution in [1.29, 1.82) is 0 Å². The van der Waals surface area contributed by atoms with Crippen LogP contribution in [0.3, 0.4) is 0 Å². The Kier molecular flexibility index (Phi) is 2.90. The van der Waals surface area contributed by atoms with Crippen LogP contribution in [0.4, 0.5) is 3.89 Å². The molecule has 68 valence electrons. The second-order valence-electron chi connectivity index (χ2n) is 2.30. The van der Waals surface area contributed by atoms with Gasteiger partial charge in [-0.05, 0) is 28.9 Å². The Balaban J connectivity index is 2.92. The van der Waals surface area contributed by atoms with Gasteiger partial charge in [-0.15, -0.1) is 15.2 Å². The number of thiophene rings is 1. The van der Waals surface area contributed by atoms with Crippen molar-refractivity contribution in [2.75, 3.05) is 0 Å². The van der Waals surface area contributed by atoms with Gasteiger partial charge in [-0.3, -0.25) is 0 Å². The molecule has 0 bridgehead atoms. The Morgan fingerprint density at radius 1 is 1.67 bits per heavy atom. The maximum atomic E-state index is 12.2. The third-order valence-electron chi connectivity index (χ3n) is 1.22. The molecule has 0 amide bonds. The number of hydrogen-bond donors (Lipinski definition) is 0. The molecule has 0 aliphatic heterocycles. The molecule has 0 aliphatic carbocycles. The molecule has 0 aliphatic rings. The zero-order chi connectivity index (χ0) is 9.35. The minimum atomic E-state index is -4.39. The van der Waals surface area contributed by atoms with Gasteiger partial charge in [0, 0.05) is 14.2 Å². The highest BCUT2D eigenvalue weighted by Gasteiger charge is 2.12. The van der Waals surface area contributed by atoms with Crippen molar-refractivity contribution >= 4 is 37.5 Å². The van der Waals surface area contributed by atoms with Crippen LogP contribution in [0.5, 0.6) is 0 Å². The molecule has 0 unspecified atom stereocenters. The minimum absolute atomic E-state index is 0.516. The molecule has 1 aromatic heterocycles. The van der Waals surface area contributed by atoms with Crippen LogP contribution in [0.2, 0.25) is 0 Å². The molecular weight excluding hydrogens is 267 g/mol. The molecule has 1 heterocycles. The molecule has 6 heteroatoms. The van der Waals surface area contributed by atoms with Crippen LogP contribution in [-0.2, 0) is 16.0 Å². The average Bonchev–Trinajstić information content (AvgIpc) is 2.07. The molecule has 1 rings (SSSR count). The lowest BCUT2D eigenvalue weighted by Gasteiger charge is -1.87. The van der Waals surface area contributed by atoms with E-state index < -0.39 is 16.0 Å². The van der Waals surface area contributed by atoms with Crippen LogP contribution in [-0.4, -0.2) is 8.42 Å². The van der Waals surface area contributed by atoms with E-state index in [4.69, 9.17) is 0 Å². The zero-order valence-corrected chi connectivity index (χ0v) is 9.39. The summed E-state index contributed by atoms with van der Waals surface area (Å²) in [5.74, 6) is -0.524. The van der Waals surface area contributed by atoms with E-state index in [0.29, 0.717) is 4.88 Å². The van der Waals surface area contributed by atoms with Crippen molar-refractivity contribution < 1.29 is 12.3 Å². The molecule has 0 aromatic carbocycles. The first kappa shape index (κ1) is 10.1. The molecule has 0 atom stereocenters. The van der Waals surface area contributed by atoms with Gasteiger partial charge in [0.25, 0.3) is 0 Å². The normalized spacial score (nSPS) is 11.9. The summed E-state index contributed by atoms with van der Waals surface area (Å²) in [6.07, 6.45) is 0. The number of rotatable bonds is 2. The molecule has 0 spiro atoms. The van der Waals surface area contributed by atoms with Gasteiger partial charge in [-0.1, -0.05) is 0 Å². The quantitative estimate of drug-likeness (QED) is 0.776. The lowest BCUT2D eigenvalue weighted by atomic mass is 10.5. The standard InChI is InChI=1S/C6H6BrFO2S2/c1-4-6(7)2-5(11-4)3-12(8,9)10/h2H,3H2,1H3. The Labute approximate surface area is 82.8 Å². The van der Waals surface area contributed by atoms with Crippen molar-refractivity contribution in [2.45, 2.75) is 12.7 Å². The maximum absolute atomic E-state index is 12.2. The maximum Gasteiger partial charge on any atom is 0.307 e. The van der Waals surface area contributed by atoms with Crippen LogP contribution < -0.4 is 0 Å². The van der Waals surface area contributed by atoms with Crippen LogP contribution in [0, 0.1) is 6.92 Å². The van der Waals surface area contributed by atoms with E-state index in [9.17, 15) is 12.3 Å². The fourth-order valence-corrected chi connectivity index (χ4v) is 3.24.